The van der Waals surface area contributed by atoms with Gasteiger partial charge in [-0.3, -0.25) is 20.4 Å². The average Bonchev–Trinajstić information content (AvgIpc) is 2.29. The van der Waals surface area contributed by atoms with Crippen molar-refractivity contribution in [2.75, 3.05) is 5.88 Å². The van der Waals surface area contributed by atoms with Crippen LogP contribution < -0.4 is 10.9 Å². The van der Waals surface area contributed by atoms with E-state index in [4.69, 9.17) is 11.6 Å². The van der Waals surface area contributed by atoms with Crippen LogP contribution in [-0.2, 0) is 16.0 Å². The highest BCUT2D eigenvalue weighted by Crippen LogP contribution is 2.15. The number of phenols is 1. The molecule has 6 heteroatoms. The van der Waals surface area contributed by atoms with Crippen molar-refractivity contribution in [3.63, 3.8) is 0 Å². The van der Waals surface area contributed by atoms with Crippen LogP contribution in [0.25, 0.3) is 0 Å². The van der Waals surface area contributed by atoms with Crippen molar-refractivity contribution in [3.05, 3.63) is 29.8 Å². The second-order valence-corrected chi connectivity index (χ2v) is 3.30. The molecule has 0 saturated heterocycles. The van der Waals surface area contributed by atoms with Crippen LogP contribution in [0.4, 0.5) is 0 Å². The Hall–Kier alpha value is -1.75. The van der Waals surface area contributed by atoms with Crippen LogP contribution in [-0.4, -0.2) is 22.8 Å². The number of phenolic OH excluding ortho intramolecular Hbond substituents is 1. The summed E-state index contributed by atoms with van der Waals surface area (Å²) in [5.41, 5.74) is 4.78. The third-order valence-electron chi connectivity index (χ3n) is 1.81. The Morgan fingerprint density at radius 1 is 1.19 bits per heavy atom. The molecule has 1 aromatic rings. The number of hydrogen-bond acceptors (Lipinski definition) is 3. The molecule has 1 aromatic carbocycles. The highest BCUT2D eigenvalue weighted by molar-refractivity contribution is 6.27. The van der Waals surface area contributed by atoms with E-state index in [-0.39, 0.29) is 18.1 Å². The van der Waals surface area contributed by atoms with Crippen LogP contribution in [0.2, 0.25) is 0 Å². The number of benzene rings is 1. The van der Waals surface area contributed by atoms with Crippen molar-refractivity contribution >= 4 is 23.4 Å². The quantitative estimate of drug-likeness (QED) is 0.528. The molecule has 86 valence electrons. The number of aromatic hydroxyl groups is 1. The minimum atomic E-state index is -0.493. The maximum Gasteiger partial charge on any atom is 0.253 e. The Labute approximate surface area is 97.4 Å². The first-order chi connectivity index (χ1) is 7.63. The molecule has 0 atom stereocenters. The molecule has 0 bridgehead atoms. The van der Waals surface area contributed by atoms with Crippen molar-refractivity contribution in [3.8, 4) is 5.75 Å². The zero-order valence-corrected chi connectivity index (χ0v) is 9.12. The fourth-order valence-electron chi connectivity index (χ4n) is 1.05. The van der Waals surface area contributed by atoms with Crippen molar-refractivity contribution in [2.45, 2.75) is 6.42 Å². The van der Waals surface area contributed by atoms with E-state index in [9.17, 15) is 14.7 Å². The summed E-state index contributed by atoms with van der Waals surface area (Å²) < 4.78 is 0. The van der Waals surface area contributed by atoms with E-state index in [2.05, 4.69) is 10.9 Å². The van der Waals surface area contributed by atoms with Gasteiger partial charge in [0.25, 0.3) is 5.91 Å². The Balaban J connectivity index is 2.46. The van der Waals surface area contributed by atoms with Gasteiger partial charge in [0.1, 0.15) is 11.6 Å². The summed E-state index contributed by atoms with van der Waals surface area (Å²) in [7, 11) is 0. The Morgan fingerprint density at radius 2 is 1.81 bits per heavy atom. The van der Waals surface area contributed by atoms with Gasteiger partial charge in [-0.25, -0.2) is 0 Å². The minimum absolute atomic E-state index is 0.0186. The number of carbonyl (C=O) groups excluding carboxylic acids is 2. The summed E-state index contributed by atoms with van der Waals surface area (Å²) in [6, 6.07) is 6.48. The normalized spacial score (nSPS) is 9.56. The molecule has 0 aliphatic carbocycles. The number of hydrogen-bond donors (Lipinski definition) is 3. The van der Waals surface area contributed by atoms with Crippen LogP contribution in [0.5, 0.6) is 5.75 Å². The van der Waals surface area contributed by atoms with E-state index in [1.807, 2.05) is 0 Å². The van der Waals surface area contributed by atoms with Gasteiger partial charge in [0.05, 0.1) is 6.42 Å². The minimum Gasteiger partial charge on any atom is -0.508 e. The van der Waals surface area contributed by atoms with Crippen molar-refractivity contribution in [2.24, 2.45) is 0 Å². The molecule has 2 amide bonds. The number of alkyl halides is 1. The van der Waals surface area contributed by atoms with Gasteiger partial charge < -0.3 is 5.11 Å². The average molecular weight is 243 g/mol. The van der Waals surface area contributed by atoms with Crippen molar-refractivity contribution < 1.29 is 14.7 Å². The zero-order chi connectivity index (χ0) is 12.0. The lowest BCUT2D eigenvalue weighted by Crippen LogP contribution is -2.42. The molecule has 0 saturated carbocycles. The van der Waals surface area contributed by atoms with Crippen LogP contribution in [0, 0.1) is 0 Å². The number of nitrogens with one attached hydrogen (secondary N) is 2. The molecule has 0 radical (unpaired) electrons. The largest absolute Gasteiger partial charge is 0.508 e. The van der Waals surface area contributed by atoms with Crippen LogP contribution >= 0.6 is 11.6 Å². The number of rotatable bonds is 3. The molecule has 0 heterocycles. The number of halogens is 1. The van der Waals surface area contributed by atoms with Crippen molar-refractivity contribution in [1.82, 2.24) is 10.9 Å². The first-order valence-corrected chi connectivity index (χ1v) is 5.07. The fraction of sp³-hybridized carbons (Fsp3) is 0.200. The van der Waals surface area contributed by atoms with E-state index < -0.39 is 11.8 Å². The van der Waals surface area contributed by atoms with Gasteiger partial charge >= 0.3 is 0 Å². The Bertz CT molecular complexity index is 395. The smallest absolute Gasteiger partial charge is 0.253 e. The predicted molar refractivity (Wildman–Crippen MR) is 58.8 cm³/mol. The SMILES string of the molecule is O=C(CCl)NNC(=O)Cc1ccccc1O. The molecule has 0 aliphatic rings. The number of hydrazine groups is 1. The number of carbonyl (C=O) groups is 2. The zero-order valence-electron chi connectivity index (χ0n) is 8.37. The molecule has 0 spiro atoms. The molecule has 0 unspecified atom stereocenters. The van der Waals surface area contributed by atoms with Gasteiger partial charge in [-0.1, -0.05) is 18.2 Å². The van der Waals surface area contributed by atoms with E-state index in [0.717, 1.165) is 0 Å². The summed E-state index contributed by atoms with van der Waals surface area (Å²) in [6.07, 6.45) is -0.0186. The maximum absolute atomic E-state index is 11.3. The number of amides is 2. The molecule has 3 N–H and O–H groups in total. The van der Waals surface area contributed by atoms with Crippen molar-refractivity contribution in [1.29, 1.82) is 0 Å². The van der Waals surface area contributed by atoms with E-state index >= 15 is 0 Å². The Morgan fingerprint density at radius 3 is 2.44 bits per heavy atom. The first kappa shape index (κ1) is 12.3. The second-order valence-electron chi connectivity index (χ2n) is 3.04. The first-order valence-electron chi connectivity index (χ1n) is 4.54. The molecule has 16 heavy (non-hydrogen) atoms. The fourth-order valence-corrected chi connectivity index (χ4v) is 1.12. The van der Waals surface area contributed by atoms with Gasteiger partial charge in [0, 0.05) is 5.56 Å². The van der Waals surface area contributed by atoms with Crippen LogP contribution in [0.15, 0.2) is 24.3 Å². The van der Waals surface area contributed by atoms with E-state index in [0.29, 0.717) is 5.56 Å². The lowest BCUT2D eigenvalue weighted by Gasteiger charge is -2.06. The molecule has 0 aliphatic heterocycles. The topological polar surface area (TPSA) is 78.4 Å². The summed E-state index contributed by atoms with van der Waals surface area (Å²) in [5.74, 6) is -1.11. The van der Waals surface area contributed by atoms with Crippen LogP contribution in [0.1, 0.15) is 5.56 Å². The van der Waals surface area contributed by atoms with Gasteiger partial charge in [0.2, 0.25) is 5.91 Å². The molecule has 1 rings (SSSR count). The molecule has 0 fully saturated rings. The highest BCUT2D eigenvalue weighted by atomic mass is 35.5. The molecular weight excluding hydrogens is 232 g/mol. The third-order valence-corrected chi connectivity index (χ3v) is 2.05. The maximum atomic E-state index is 11.3. The number of para-hydroxylation sites is 1. The summed E-state index contributed by atoms with van der Waals surface area (Å²) in [4.78, 5) is 22.0. The summed E-state index contributed by atoms with van der Waals surface area (Å²) >= 11 is 5.22. The lowest BCUT2D eigenvalue weighted by atomic mass is 10.1. The summed E-state index contributed by atoms with van der Waals surface area (Å²) in [5, 5.41) is 9.39. The monoisotopic (exact) mass is 242 g/mol. The van der Waals surface area contributed by atoms with Gasteiger partial charge in [-0.2, -0.15) is 0 Å². The molecular formula is C10H11ClN2O3. The summed E-state index contributed by atoms with van der Waals surface area (Å²) in [6.45, 7) is 0. The lowest BCUT2D eigenvalue weighted by molar-refractivity contribution is -0.127. The van der Waals surface area contributed by atoms with E-state index in [1.165, 1.54) is 6.07 Å². The highest BCUT2D eigenvalue weighted by Gasteiger charge is 2.07. The van der Waals surface area contributed by atoms with E-state index in [1.54, 1.807) is 18.2 Å². The van der Waals surface area contributed by atoms with Crippen LogP contribution in [0.3, 0.4) is 0 Å². The standard InChI is InChI=1S/C10H11ClN2O3/c11-6-10(16)13-12-9(15)5-7-3-1-2-4-8(7)14/h1-4,14H,5-6H2,(H,12,15)(H,13,16). The molecule has 0 aromatic heterocycles. The molecule has 5 nitrogen and oxygen atoms in total. The third kappa shape index (κ3) is 3.78. The Kier molecular flexibility index (Phi) is 4.60. The van der Waals surface area contributed by atoms with Gasteiger partial charge in [0.15, 0.2) is 0 Å². The second kappa shape index (κ2) is 5.97. The van der Waals surface area contributed by atoms with Gasteiger partial charge in [-0.05, 0) is 6.07 Å². The van der Waals surface area contributed by atoms with Gasteiger partial charge in [-0.15, -0.1) is 11.6 Å². The predicted octanol–water partition coefficient (Wildman–Crippen LogP) is 0.321.